The van der Waals surface area contributed by atoms with Gasteiger partial charge in [-0.25, -0.2) is 0 Å². The fourth-order valence-corrected chi connectivity index (χ4v) is 1.73. The van der Waals surface area contributed by atoms with Crippen molar-refractivity contribution in [2.24, 2.45) is 22.1 Å². The van der Waals surface area contributed by atoms with E-state index in [-0.39, 0.29) is 0 Å². The summed E-state index contributed by atoms with van der Waals surface area (Å²) in [6.45, 7) is 3.29. The predicted molar refractivity (Wildman–Crippen MR) is 51.2 cm³/mol. The minimum Gasteiger partial charge on any atom is -0.387 e. The van der Waals surface area contributed by atoms with E-state index in [1.165, 1.54) is 32.1 Å². The van der Waals surface area contributed by atoms with Crippen LogP contribution in [0.1, 0.15) is 39.0 Å². The minimum absolute atomic E-state index is 0.500. The van der Waals surface area contributed by atoms with Crippen molar-refractivity contribution in [1.82, 2.24) is 0 Å². The first-order chi connectivity index (χ1) is 5.70. The Kier molecular flexibility index (Phi) is 1.85. The fourth-order valence-electron chi connectivity index (χ4n) is 1.73. The van der Waals surface area contributed by atoms with Gasteiger partial charge in [0.05, 0.1) is 5.84 Å². The number of amidine groups is 1. The standard InChI is InChI=1S/C10H18N2/c1-10(5-2-6-10)7-12-9(11)8-3-4-8/h8H,2-7H2,1H3,(H2,11,12). The van der Waals surface area contributed by atoms with Gasteiger partial charge in [-0.15, -0.1) is 0 Å². The summed E-state index contributed by atoms with van der Waals surface area (Å²) in [6, 6.07) is 0. The largest absolute Gasteiger partial charge is 0.387 e. The Bertz CT molecular complexity index is 200. The highest BCUT2D eigenvalue weighted by Gasteiger charge is 2.32. The third-order valence-corrected chi connectivity index (χ3v) is 3.20. The van der Waals surface area contributed by atoms with Gasteiger partial charge in [0.15, 0.2) is 0 Å². The van der Waals surface area contributed by atoms with E-state index in [9.17, 15) is 0 Å². The first kappa shape index (κ1) is 8.09. The molecular weight excluding hydrogens is 148 g/mol. The second kappa shape index (κ2) is 2.75. The normalized spacial score (nSPS) is 28.2. The molecule has 0 bridgehead atoms. The highest BCUT2D eigenvalue weighted by Crippen LogP contribution is 2.40. The van der Waals surface area contributed by atoms with Gasteiger partial charge in [-0.3, -0.25) is 4.99 Å². The Balaban J connectivity index is 1.82. The van der Waals surface area contributed by atoms with Crippen molar-refractivity contribution in [3.05, 3.63) is 0 Å². The average Bonchev–Trinajstić information content (AvgIpc) is 2.78. The first-order valence-corrected chi connectivity index (χ1v) is 4.99. The van der Waals surface area contributed by atoms with Crippen LogP contribution in [0.4, 0.5) is 0 Å². The van der Waals surface area contributed by atoms with Crippen LogP contribution in [-0.4, -0.2) is 12.4 Å². The van der Waals surface area contributed by atoms with E-state index in [4.69, 9.17) is 5.73 Å². The molecule has 2 nitrogen and oxygen atoms in total. The van der Waals surface area contributed by atoms with E-state index < -0.39 is 0 Å². The molecule has 2 rings (SSSR count). The molecule has 2 fully saturated rings. The molecule has 0 aromatic carbocycles. The summed E-state index contributed by atoms with van der Waals surface area (Å²) < 4.78 is 0. The molecule has 2 saturated carbocycles. The van der Waals surface area contributed by atoms with Gasteiger partial charge >= 0.3 is 0 Å². The quantitative estimate of drug-likeness (QED) is 0.505. The topological polar surface area (TPSA) is 38.4 Å². The Morgan fingerprint density at radius 2 is 2.17 bits per heavy atom. The molecule has 0 aliphatic heterocycles. The van der Waals surface area contributed by atoms with Crippen molar-refractivity contribution in [2.45, 2.75) is 39.0 Å². The van der Waals surface area contributed by atoms with Gasteiger partial charge in [-0.05, 0) is 31.1 Å². The second-order valence-corrected chi connectivity index (χ2v) is 4.68. The maximum Gasteiger partial charge on any atom is 0.0968 e. The molecule has 2 N–H and O–H groups in total. The predicted octanol–water partition coefficient (Wildman–Crippen LogP) is 1.94. The number of aliphatic imine (C=N–C) groups is 1. The zero-order valence-electron chi connectivity index (χ0n) is 7.84. The van der Waals surface area contributed by atoms with Crippen molar-refractivity contribution in [2.75, 3.05) is 6.54 Å². The molecule has 0 amide bonds. The SMILES string of the molecule is CC1(CN=C(N)C2CC2)CCC1. The summed E-state index contributed by atoms with van der Waals surface area (Å²) in [7, 11) is 0. The molecule has 0 atom stereocenters. The van der Waals surface area contributed by atoms with Gasteiger partial charge in [0, 0.05) is 12.5 Å². The summed E-state index contributed by atoms with van der Waals surface area (Å²) in [4.78, 5) is 4.47. The Labute approximate surface area is 74.2 Å². The number of hydrogen-bond acceptors (Lipinski definition) is 1. The van der Waals surface area contributed by atoms with Gasteiger partial charge in [0.25, 0.3) is 0 Å². The molecule has 2 aliphatic carbocycles. The lowest BCUT2D eigenvalue weighted by Gasteiger charge is -2.36. The smallest absolute Gasteiger partial charge is 0.0968 e. The van der Waals surface area contributed by atoms with Gasteiger partial charge in [0.1, 0.15) is 0 Å². The maximum atomic E-state index is 5.81. The molecule has 0 aromatic rings. The first-order valence-electron chi connectivity index (χ1n) is 4.99. The average molecular weight is 166 g/mol. The molecule has 0 spiro atoms. The van der Waals surface area contributed by atoms with Crippen LogP contribution in [-0.2, 0) is 0 Å². The molecular formula is C10H18N2. The fraction of sp³-hybridized carbons (Fsp3) is 0.900. The molecule has 0 aromatic heterocycles. The molecule has 2 heteroatoms. The van der Waals surface area contributed by atoms with Crippen LogP contribution in [0.25, 0.3) is 0 Å². The lowest BCUT2D eigenvalue weighted by atomic mass is 9.70. The zero-order valence-corrected chi connectivity index (χ0v) is 7.84. The van der Waals surface area contributed by atoms with Gasteiger partial charge < -0.3 is 5.73 Å². The Morgan fingerprint density at radius 3 is 2.58 bits per heavy atom. The highest BCUT2D eigenvalue weighted by atomic mass is 14.9. The molecule has 68 valence electrons. The molecule has 0 unspecified atom stereocenters. The molecule has 0 saturated heterocycles. The van der Waals surface area contributed by atoms with E-state index in [0.29, 0.717) is 11.3 Å². The van der Waals surface area contributed by atoms with E-state index in [0.717, 1.165) is 12.4 Å². The number of nitrogens with zero attached hydrogens (tertiary/aromatic N) is 1. The summed E-state index contributed by atoms with van der Waals surface area (Å²) in [5, 5.41) is 0. The third-order valence-electron chi connectivity index (χ3n) is 3.20. The highest BCUT2D eigenvalue weighted by molar-refractivity contribution is 5.84. The van der Waals surface area contributed by atoms with E-state index in [1.54, 1.807) is 0 Å². The summed E-state index contributed by atoms with van der Waals surface area (Å²) in [5.41, 5.74) is 6.31. The monoisotopic (exact) mass is 166 g/mol. The number of nitrogens with two attached hydrogens (primary N) is 1. The Hall–Kier alpha value is -0.530. The van der Waals surface area contributed by atoms with Gasteiger partial charge in [0.2, 0.25) is 0 Å². The Morgan fingerprint density at radius 1 is 1.50 bits per heavy atom. The van der Waals surface area contributed by atoms with Crippen molar-refractivity contribution in [3.8, 4) is 0 Å². The van der Waals surface area contributed by atoms with Crippen LogP contribution < -0.4 is 5.73 Å². The summed E-state index contributed by atoms with van der Waals surface area (Å²) >= 11 is 0. The molecule has 0 heterocycles. The van der Waals surface area contributed by atoms with Crippen LogP contribution in [0.3, 0.4) is 0 Å². The maximum absolute atomic E-state index is 5.81. The van der Waals surface area contributed by atoms with E-state index in [1.807, 2.05) is 0 Å². The number of rotatable bonds is 3. The summed E-state index contributed by atoms with van der Waals surface area (Å²) in [6.07, 6.45) is 6.61. The summed E-state index contributed by atoms with van der Waals surface area (Å²) in [5.74, 6) is 1.57. The van der Waals surface area contributed by atoms with Crippen LogP contribution >= 0.6 is 0 Å². The van der Waals surface area contributed by atoms with Crippen molar-refractivity contribution < 1.29 is 0 Å². The number of hydrogen-bond donors (Lipinski definition) is 1. The zero-order chi connectivity index (χ0) is 8.60. The van der Waals surface area contributed by atoms with Gasteiger partial charge in [-0.1, -0.05) is 13.3 Å². The second-order valence-electron chi connectivity index (χ2n) is 4.68. The minimum atomic E-state index is 0.500. The van der Waals surface area contributed by atoms with Crippen molar-refractivity contribution >= 4 is 5.84 Å². The van der Waals surface area contributed by atoms with E-state index >= 15 is 0 Å². The van der Waals surface area contributed by atoms with Crippen molar-refractivity contribution in [1.29, 1.82) is 0 Å². The van der Waals surface area contributed by atoms with E-state index in [2.05, 4.69) is 11.9 Å². The van der Waals surface area contributed by atoms with Crippen LogP contribution in [0.2, 0.25) is 0 Å². The van der Waals surface area contributed by atoms with Crippen LogP contribution in [0.15, 0.2) is 4.99 Å². The lowest BCUT2D eigenvalue weighted by Crippen LogP contribution is -2.30. The van der Waals surface area contributed by atoms with Crippen LogP contribution in [0, 0.1) is 11.3 Å². The van der Waals surface area contributed by atoms with Gasteiger partial charge in [-0.2, -0.15) is 0 Å². The molecule has 2 aliphatic rings. The lowest BCUT2D eigenvalue weighted by molar-refractivity contribution is 0.174. The van der Waals surface area contributed by atoms with Crippen LogP contribution in [0.5, 0.6) is 0 Å². The molecule has 0 radical (unpaired) electrons. The van der Waals surface area contributed by atoms with Crippen molar-refractivity contribution in [3.63, 3.8) is 0 Å². The third kappa shape index (κ3) is 1.62. The molecule has 12 heavy (non-hydrogen) atoms.